The average molecular weight is 252 g/mol. The van der Waals surface area contributed by atoms with Crippen LogP contribution in [0.5, 0.6) is 0 Å². The Morgan fingerprint density at radius 2 is 1.20 bits per heavy atom. The van der Waals surface area contributed by atoms with Crippen LogP contribution in [0, 0.1) is 0 Å². The van der Waals surface area contributed by atoms with E-state index in [9.17, 15) is 39.5 Å². The maximum atomic E-state index is 11.9. The zero-order chi connectivity index (χ0) is 12.5. The second-order valence-corrected chi connectivity index (χ2v) is 2.03. The van der Waals surface area contributed by atoms with E-state index in [2.05, 4.69) is 4.89 Å². The average Bonchev–Trinajstić information content (AvgIpc) is 1.98. The first-order valence-corrected chi connectivity index (χ1v) is 2.87. The molecule has 0 saturated heterocycles. The summed E-state index contributed by atoms with van der Waals surface area (Å²) in [5.41, 5.74) is 0. The lowest BCUT2D eigenvalue weighted by Gasteiger charge is -2.26. The SMILES string of the molecule is FC(F)OOC(F)(F)C(F)(F)C(F)(F)F. The second-order valence-electron chi connectivity index (χ2n) is 2.03. The summed E-state index contributed by atoms with van der Waals surface area (Å²) >= 11 is 0. The Labute approximate surface area is 75.5 Å². The Bertz CT molecular complexity index is 209. The fraction of sp³-hybridized carbons (Fsp3) is 1.00. The lowest BCUT2D eigenvalue weighted by Crippen LogP contribution is -2.53. The van der Waals surface area contributed by atoms with Gasteiger partial charge in [-0.3, -0.25) is 0 Å². The highest BCUT2D eigenvalue weighted by atomic mass is 19.4. The van der Waals surface area contributed by atoms with Crippen LogP contribution in [0.3, 0.4) is 0 Å². The van der Waals surface area contributed by atoms with Crippen molar-refractivity contribution in [2.24, 2.45) is 0 Å². The Hall–Kier alpha value is -0.710. The summed E-state index contributed by atoms with van der Waals surface area (Å²) in [6.45, 7) is -4.08. The second kappa shape index (κ2) is 4.04. The molecule has 0 amide bonds. The molecule has 0 aromatic carbocycles. The molecule has 0 aliphatic carbocycles. The fourth-order valence-corrected chi connectivity index (χ4v) is 0.314. The molecule has 0 radical (unpaired) electrons. The summed E-state index contributed by atoms with van der Waals surface area (Å²) in [5.74, 6) is -6.64. The maximum Gasteiger partial charge on any atom is 0.462 e. The molecule has 0 spiro atoms. The van der Waals surface area contributed by atoms with Crippen molar-refractivity contribution in [3.8, 4) is 0 Å². The highest BCUT2D eigenvalue weighted by Crippen LogP contribution is 2.47. The minimum Gasteiger partial charge on any atom is -0.186 e. The minimum atomic E-state index is -6.66. The van der Waals surface area contributed by atoms with Gasteiger partial charge in [-0.25, -0.2) is 0 Å². The topological polar surface area (TPSA) is 18.5 Å². The Morgan fingerprint density at radius 1 is 0.800 bits per heavy atom. The molecule has 0 unspecified atom stereocenters. The van der Waals surface area contributed by atoms with Gasteiger partial charge >= 0.3 is 24.8 Å². The van der Waals surface area contributed by atoms with Crippen molar-refractivity contribution < 1.29 is 49.3 Å². The third-order valence-corrected chi connectivity index (χ3v) is 0.947. The van der Waals surface area contributed by atoms with E-state index in [1.54, 1.807) is 0 Å². The van der Waals surface area contributed by atoms with Crippen molar-refractivity contribution in [2.75, 3.05) is 0 Å². The normalized spacial score (nSPS) is 14.8. The quantitative estimate of drug-likeness (QED) is 0.435. The minimum absolute atomic E-state index is 2.03. The molecule has 0 aliphatic rings. The summed E-state index contributed by atoms with van der Waals surface area (Å²) in [7, 11) is 0. The Kier molecular flexibility index (Phi) is 3.85. The van der Waals surface area contributed by atoms with Gasteiger partial charge in [0.15, 0.2) is 0 Å². The molecule has 0 saturated carbocycles. The zero-order valence-corrected chi connectivity index (χ0v) is 6.30. The molecule has 15 heavy (non-hydrogen) atoms. The Balaban J connectivity index is 4.70. The van der Waals surface area contributed by atoms with Gasteiger partial charge in [0.05, 0.1) is 0 Å². The molecule has 0 aromatic rings. The van der Waals surface area contributed by atoms with Crippen LogP contribution in [0.25, 0.3) is 0 Å². The molecule has 0 aliphatic heterocycles. The largest absolute Gasteiger partial charge is 0.462 e. The van der Waals surface area contributed by atoms with Crippen LogP contribution in [0.2, 0.25) is 0 Å². The van der Waals surface area contributed by atoms with E-state index in [0.29, 0.717) is 0 Å². The predicted octanol–water partition coefficient (Wildman–Crippen LogP) is 2.95. The van der Waals surface area contributed by atoms with E-state index in [1.807, 2.05) is 4.89 Å². The molecule has 0 aromatic heterocycles. The van der Waals surface area contributed by atoms with E-state index in [-0.39, 0.29) is 0 Å². The van der Waals surface area contributed by atoms with E-state index < -0.39 is 24.8 Å². The maximum absolute atomic E-state index is 11.9. The molecule has 92 valence electrons. The molecule has 11 heteroatoms. The van der Waals surface area contributed by atoms with Crippen LogP contribution >= 0.6 is 0 Å². The first-order valence-electron chi connectivity index (χ1n) is 2.87. The van der Waals surface area contributed by atoms with Gasteiger partial charge in [-0.1, -0.05) is 0 Å². The van der Waals surface area contributed by atoms with Gasteiger partial charge in [0, 0.05) is 0 Å². The van der Waals surface area contributed by atoms with E-state index in [4.69, 9.17) is 0 Å². The third kappa shape index (κ3) is 3.12. The molecule has 0 fully saturated rings. The number of hydrogen-bond acceptors (Lipinski definition) is 2. The van der Waals surface area contributed by atoms with Gasteiger partial charge in [-0.2, -0.15) is 49.3 Å². The molecule has 0 bridgehead atoms. The number of halogens is 9. The number of alkyl halides is 9. The van der Waals surface area contributed by atoms with Gasteiger partial charge < -0.3 is 0 Å². The molecule has 0 heterocycles. The van der Waals surface area contributed by atoms with Crippen LogP contribution in [0.4, 0.5) is 39.5 Å². The van der Waals surface area contributed by atoms with Gasteiger partial charge in [-0.05, 0) is 0 Å². The van der Waals surface area contributed by atoms with E-state index >= 15 is 0 Å². The number of rotatable bonds is 4. The van der Waals surface area contributed by atoms with E-state index in [0.717, 1.165) is 0 Å². The van der Waals surface area contributed by atoms with Crippen molar-refractivity contribution in [1.82, 2.24) is 0 Å². The third-order valence-electron chi connectivity index (χ3n) is 0.947. The van der Waals surface area contributed by atoms with Gasteiger partial charge in [-0.15, -0.1) is 0 Å². The zero-order valence-electron chi connectivity index (χ0n) is 6.30. The first kappa shape index (κ1) is 14.3. The Morgan fingerprint density at radius 3 is 1.47 bits per heavy atom. The summed E-state index contributed by atoms with van der Waals surface area (Å²) in [4.78, 5) is 4.25. The van der Waals surface area contributed by atoms with Gasteiger partial charge in [0.2, 0.25) is 0 Å². The van der Waals surface area contributed by atoms with Crippen molar-refractivity contribution in [1.29, 1.82) is 0 Å². The summed E-state index contributed by atoms with van der Waals surface area (Å²) in [5, 5.41) is 0. The lowest BCUT2D eigenvalue weighted by molar-refractivity contribution is -0.541. The standard InChI is InChI=1S/C4HF9O2/c5-1(6)14-15-4(12,13)2(7,8)3(9,10)11/h1H. The first-order chi connectivity index (χ1) is 6.42. The summed E-state index contributed by atoms with van der Waals surface area (Å²) < 4.78 is 103. The van der Waals surface area contributed by atoms with E-state index in [1.165, 1.54) is 0 Å². The van der Waals surface area contributed by atoms with Crippen molar-refractivity contribution in [3.05, 3.63) is 0 Å². The fourth-order valence-electron chi connectivity index (χ4n) is 0.314. The highest BCUT2D eigenvalue weighted by Gasteiger charge is 2.75. The summed E-state index contributed by atoms with van der Waals surface area (Å²) in [6.07, 6.45) is -12.9. The van der Waals surface area contributed by atoms with Gasteiger partial charge in [0.25, 0.3) is 0 Å². The number of hydrogen-bond donors (Lipinski definition) is 0. The molecule has 0 atom stereocenters. The van der Waals surface area contributed by atoms with Crippen LogP contribution in [-0.2, 0) is 9.78 Å². The van der Waals surface area contributed by atoms with Crippen LogP contribution in [0.1, 0.15) is 0 Å². The monoisotopic (exact) mass is 252 g/mol. The molecular formula is C4HF9O2. The van der Waals surface area contributed by atoms with Crippen molar-refractivity contribution >= 4 is 0 Å². The molecule has 0 rings (SSSR count). The highest BCUT2D eigenvalue weighted by molar-refractivity contribution is 4.83. The van der Waals surface area contributed by atoms with Gasteiger partial charge in [0.1, 0.15) is 0 Å². The van der Waals surface area contributed by atoms with Crippen LogP contribution < -0.4 is 0 Å². The van der Waals surface area contributed by atoms with Crippen LogP contribution in [-0.4, -0.2) is 24.8 Å². The van der Waals surface area contributed by atoms with Crippen LogP contribution in [0.15, 0.2) is 0 Å². The molecule has 2 nitrogen and oxygen atoms in total. The van der Waals surface area contributed by atoms with Crippen molar-refractivity contribution in [3.63, 3.8) is 0 Å². The predicted molar refractivity (Wildman–Crippen MR) is 24.1 cm³/mol. The smallest absolute Gasteiger partial charge is 0.186 e. The lowest BCUT2D eigenvalue weighted by atomic mass is 10.3. The molecular weight excluding hydrogens is 251 g/mol. The molecule has 0 N–H and O–H groups in total. The van der Waals surface area contributed by atoms with Crippen molar-refractivity contribution in [2.45, 2.75) is 24.8 Å². The summed E-state index contributed by atoms with van der Waals surface area (Å²) in [6, 6.07) is 0.